The molecule has 1 aromatic heterocycles. The van der Waals surface area contributed by atoms with E-state index < -0.39 is 17.5 Å². The predicted molar refractivity (Wildman–Crippen MR) is 85.7 cm³/mol. The predicted octanol–water partition coefficient (Wildman–Crippen LogP) is 2.88. The van der Waals surface area contributed by atoms with Gasteiger partial charge in [-0.25, -0.2) is 4.68 Å². The fraction of sp³-hybridized carbons (Fsp3) is 0.389. The molecule has 0 N–H and O–H groups in total. The summed E-state index contributed by atoms with van der Waals surface area (Å²) in [4.78, 5) is 24.3. The lowest BCUT2D eigenvalue weighted by molar-refractivity contribution is -0.149. The van der Waals surface area contributed by atoms with E-state index in [-0.39, 0.29) is 5.78 Å². The van der Waals surface area contributed by atoms with Crippen LogP contribution in [0.25, 0.3) is 5.69 Å². The van der Waals surface area contributed by atoms with Crippen molar-refractivity contribution in [2.45, 2.75) is 40.2 Å². The maximum absolute atomic E-state index is 12.9. The van der Waals surface area contributed by atoms with Gasteiger partial charge >= 0.3 is 5.97 Å². The van der Waals surface area contributed by atoms with Crippen molar-refractivity contribution in [3.8, 4) is 5.69 Å². The van der Waals surface area contributed by atoms with Gasteiger partial charge in [-0.3, -0.25) is 9.59 Å². The van der Waals surface area contributed by atoms with Crippen LogP contribution in [-0.4, -0.2) is 27.6 Å². The van der Waals surface area contributed by atoms with Crippen LogP contribution in [0.4, 0.5) is 0 Å². The molecule has 0 amide bonds. The summed E-state index contributed by atoms with van der Waals surface area (Å²) in [5, 5.41) is 4.55. The molecule has 5 heteroatoms. The number of carbonyl (C=O) groups is 2. The van der Waals surface area contributed by atoms with Crippen LogP contribution in [0.15, 0.2) is 30.3 Å². The molecule has 0 radical (unpaired) electrons. The van der Waals surface area contributed by atoms with Crippen LogP contribution < -0.4 is 0 Å². The molecular formula is C18H20N2O3. The molecule has 1 aliphatic rings. The van der Waals surface area contributed by atoms with Gasteiger partial charge < -0.3 is 4.74 Å². The Morgan fingerprint density at radius 3 is 2.57 bits per heavy atom. The van der Waals surface area contributed by atoms with E-state index in [0.29, 0.717) is 17.7 Å². The summed E-state index contributed by atoms with van der Waals surface area (Å²) in [6.45, 7) is 7.04. The lowest BCUT2D eigenvalue weighted by Crippen LogP contribution is -2.45. The number of hydrogen-bond donors (Lipinski definition) is 0. The first-order chi connectivity index (χ1) is 10.8. The lowest BCUT2D eigenvalue weighted by Gasteiger charge is -2.36. The molecule has 0 aliphatic heterocycles. The highest BCUT2D eigenvalue weighted by molar-refractivity contribution is 6.04. The SMILES string of the molecule is CC(=O)O[C@H]1C(=O)c2c(C)nn(-c3ccccc3)c2CC1(C)C. The van der Waals surface area contributed by atoms with Crippen molar-refractivity contribution in [1.82, 2.24) is 9.78 Å². The Bertz CT molecular complexity index is 775. The van der Waals surface area contributed by atoms with Crippen LogP contribution >= 0.6 is 0 Å². The Morgan fingerprint density at radius 2 is 1.96 bits per heavy atom. The largest absolute Gasteiger partial charge is 0.454 e. The summed E-state index contributed by atoms with van der Waals surface area (Å²) in [6, 6.07) is 9.75. The second-order valence-corrected chi connectivity index (χ2v) is 6.67. The van der Waals surface area contributed by atoms with Crippen LogP contribution in [0.5, 0.6) is 0 Å². The van der Waals surface area contributed by atoms with Gasteiger partial charge in [0, 0.05) is 12.3 Å². The van der Waals surface area contributed by atoms with E-state index in [4.69, 9.17) is 4.74 Å². The van der Waals surface area contributed by atoms with Crippen molar-refractivity contribution in [3.05, 3.63) is 47.3 Å². The van der Waals surface area contributed by atoms with Gasteiger partial charge in [0.1, 0.15) is 0 Å². The number of aryl methyl sites for hydroxylation is 1. The van der Waals surface area contributed by atoms with Crippen LogP contribution in [0.1, 0.15) is 42.5 Å². The third-order valence-electron chi connectivity index (χ3n) is 4.26. The van der Waals surface area contributed by atoms with Crippen molar-refractivity contribution in [3.63, 3.8) is 0 Å². The zero-order chi connectivity index (χ0) is 16.8. The number of esters is 1. The molecule has 23 heavy (non-hydrogen) atoms. The highest BCUT2D eigenvalue weighted by atomic mass is 16.5. The number of nitrogens with zero attached hydrogens (tertiary/aromatic N) is 2. The summed E-state index contributed by atoms with van der Waals surface area (Å²) in [5.74, 6) is -0.598. The van der Waals surface area contributed by atoms with Gasteiger partial charge in [-0.05, 0) is 25.5 Å². The van der Waals surface area contributed by atoms with Gasteiger partial charge in [0.2, 0.25) is 5.78 Å². The zero-order valence-electron chi connectivity index (χ0n) is 13.8. The monoisotopic (exact) mass is 312 g/mol. The van der Waals surface area contributed by atoms with Crippen LogP contribution in [0.2, 0.25) is 0 Å². The quantitative estimate of drug-likeness (QED) is 0.800. The van der Waals surface area contributed by atoms with Crippen molar-refractivity contribution < 1.29 is 14.3 Å². The molecule has 0 spiro atoms. The Balaban J connectivity index is 2.14. The minimum absolute atomic E-state index is 0.161. The average Bonchev–Trinajstić information content (AvgIpc) is 2.80. The average molecular weight is 312 g/mol. The smallest absolute Gasteiger partial charge is 0.303 e. The third-order valence-corrected chi connectivity index (χ3v) is 4.26. The summed E-state index contributed by atoms with van der Waals surface area (Å²) in [5.41, 5.74) is 2.58. The number of ether oxygens (including phenoxy) is 1. The highest BCUT2D eigenvalue weighted by Gasteiger charge is 2.46. The summed E-state index contributed by atoms with van der Waals surface area (Å²) < 4.78 is 7.15. The van der Waals surface area contributed by atoms with Gasteiger partial charge in [-0.2, -0.15) is 5.10 Å². The normalized spacial score (nSPS) is 19.3. The molecule has 2 aromatic rings. The number of fused-ring (bicyclic) bond motifs is 1. The number of rotatable bonds is 2. The second kappa shape index (κ2) is 5.33. The fourth-order valence-corrected chi connectivity index (χ4v) is 3.23. The standard InChI is InChI=1S/C18H20N2O3/c1-11-15-14(20(19-11)13-8-6-5-7-9-13)10-18(3,4)17(16(15)22)23-12(2)21/h5-9,17H,10H2,1-4H3/t17-/m0/s1. The number of benzene rings is 1. The molecule has 0 saturated carbocycles. The summed E-state index contributed by atoms with van der Waals surface area (Å²) in [6.07, 6.45) is -0.151. The van der Waals surface area contributed by atoms with E-state index >= 15 is 0 Å². The number of hydrogen-bond acceptors (Lipinski definition) is 4. The minimum Gasteiger partial charge on any atom is -0.454 e. The van der Waals surface area contributed by atoms with Crippen LogP contribution in [-0.2, 0) is 16.0 Å². The van der Waals surface area contributed by atoms with E-state index in [1.54, 1.807) is 0 Å². The van der Waals surface area contributed by atoms with Gasteiger partial charge in [-0.1, -0.05) is 32.0 Å². The molecule has 0 saturated heterocycles. The number of ketones is 1. The van der Waals surface area contributed by atoms with Crippen molar-refractivity contribution in [2.24, 2.45) is 5.41 Å². The number of aromatic nitrogens is 2. The first kappa shape index (κ1) is 15.5. The molecular weight excluding hydrogens is 292 g/mol. The highest BCUT2D eigenvalue weighted by Crippen LogP contribution is 2.39. The molecule has 0 unspecified atom stereocenters. The third kappa shape index (κ3) is 2.56. The maximum atomic E-state index is 12.9. The molecule has 1 heterocycles. The topological polar surface area (TPSA) is 61.2 Å². The maximum Gasteiger partial charge on any atom is 0.303 e. The Kier molecular flexibility index (Phi) is 3.59. The van der Waals surface area contributed by atoms with Crippen molar-refractivity contribution in [2.75, 3.05) is 0 Å². The van der Waals surface area contributed by atoms with Gasteiger partial charge in [0.25, 0.3) is 0 Å². The summed E-state index contributed by atoms with van der Waals surface area (Å²) >= 11 is 0. The first-order valence-electron chi connectivity index (χ1n) is 7.66. The molecule has 5 nitrogen and oxygen atoms in total. The second-order valence-electron chi connectivity index (χ2n) is 6.67. The van der Waals surface area contributed by atoms with Gasteiger partial charge in [0.15, 0.2) is 6.10 Å². The molecule has 3 rings (SSSR count). The zero-order valence-corrected chi connectivity index (χ0v) is 13.8. The van der Waals surface area contributed by atoms with Crippen LogP contribution in [0.3, 0.4) is 0 Å². The van der Waals surface area contributed by atoms with Crippen molar-refractivity contribution in [1.29, 1.82) is 0 Å². The van der Waals surface area contributed by atoms with E-state index in [0.717, 1.165) is 11.4 Å². The van der Waals surface area contributed by atoms with Crippen molar-refractivity contribution >= 4 is 11.8 Å². The number of para-hydroxylation sites is 1. The minimum atomic E-state index is -0.764. The number of Topliss-reactive ketones (excluding diaryl/α,β-unsaturated/α-hetero) is 1. The fourth-order valence-electron chi connectivity index (χ4n) is 3.23. The number of carbonyl (C=O) groups excluding carboxylic acids is 2. The van der Waals surface area contributed by atoms with Crippen LogP contribution in [0, 0.1) is 12.3 Å². The lowest BCUT2D eigenvalue weighted by atomic mass is 9.73. The van der Waals surface area contributed by atoms with Gasteiger partial charge in [-0.15, -0.1) is 0 Å². The molecule has 1 atom stereocenters. The molecule has 0 bridgehead atoms. The van der Waals surface area contributed by atoms with E-state index in [1.165, 1.54) is 6.92 Å². The Labute approximate surface area is 135 Å². The Morgan fingerprint density at radius 1 is 1.30 bits per heavy atom. The van der Waals surface area contributed by atoms with E-state index in [1.807, 2.05) is 55.8 Å². The van der Waals surface area contributed by atoms with Gasteiger partial charge in [0.05, 0.1) is 22.6 Å². The summed E-state index contributed by atoms with van der Waals surface area (Å²) in [7, 11) is 0. The molecule has 0 fully saturated rings. The molecule has 120 valence electrons. The molecule has 1 aliphatic carbocycles. The Hall–Kier alpha value is -2.43. The molecule has 1 aromatic carbocycles. The van der Waals surface area contributed by atoms with E-state index in [9.17, 15) is 9.59 Å². The van der Waals surface area contributed by atoms with E-state index in [2.05, 4.69) is 5.10 Å². The first-order valence-corrected chi connectivity index (χ1v) is 7.66.